The molecule has 100 valence electrons. The average molecular weight is 248 g/mol. The third kappa shape index (κ3) is 7.07. The Morgan fingerprint density at radius 3 is 2.61 bits per heavy atom. The molecule has 0 aliphatic heterocycles. The van der Waals surface area contributed by atoms with Gasteiger partial charge in [-0.3, -0.25) is 4.79 Å². The molecule has 18 heavy (non-hydrogen) atoms. The molecule has 1 rings (SSSR count). The third-order valence-electron chi connectivity index (χ3n) is 2.77. The summed E-state index contributed by atoms with van der Waals surface area (Å²) in [4.78, 5) is 11.3. The number of unbranched alkanes of at least 4 members (excludes halogenated alkanes) is 1. The van der Waals surface area contributed by atoms with Crippen molar-refractivity contribution in [2.75, 3.05) is 19.6 Å². The molecule has 0 saturated heterocycles. The van der Waals surface area contributed by atoms with Crippen molar-refractivity contribution in [3.05, 3.63) is 35.9 Å². The van der Waals surface area contributed by atoms with Crippen LogP contribution in [0.5, 0.6) is 0 Å². The number of hydrogen-bond acceptors (Lipinski definition) is 2. The van der Waals surface area contributed by atoms with Crippen molar-refractivity contribution in [1.82, 2.24) is 10.6 Å². The van der Waals surface area contributed by atoms with Crippen LogP contribution in [0.1, 0.15) is 31.7 Å². The quantitative estimate of drug-likeness (QED) is 0.657. The molecule has 3 heteroatoms. The molecule has 1 aromatic carbocycles. The number of benzene rings is 1. The van der Waals surface area contributed by atoms with Crippen molar-refractivity contribution >= 4 is 5.91 Å². The highest BCUT2D eigenvalue weighted by Crippen LogP contribution is 2.03. The Kier molecular flexibility index (Phi) is 7.89. The highest BCUT2D eigenvalue weighted by atomic mass is 16.1. The molecule has 0 radical (unpaired) electrons. The number of hydrogen-bond donors (Lipinski definition) is 2. The Labute approximate surface area is 110 Å². The summed E-state index contributed by atoms with van der Waals surface area (Å²) in [6.07, 6.45) is 4.37. The maximum absolute atomic E-state index is 11.3. The predicted molar refractivity (Wildman–Crippen MR) is 75.6 cm³/mol. The summed E-state index contributed by atoms with van der Waals surface area (Å²) in [6, 6.07) is 10.5. The molecule has 0 aliphatic rings. The summed E-state index contributed by atoms with van der Waals surface area (Å²) in [7, 11) is 0. The first kappa shape index (κ1) is 14.7. The maximum atomic E-state index is 11.3. The Morgan fingerprint density at radius 1 is 1.11 bits per heavy atom. The molecule has 3 nitrogen and oxygen atoms in total. The monoisotopic (exact) mass is 248 g/mol. The van der Waals surface area contributed by atoms with Gasteiger partial charge in [-0.25, -0.2) is 0 Å². The number of rotatable bonds is 9. The number of carbonyl (C=O) groups is 1. The van der Waals surface area contributed by atoms with Crippen LogP contribution in [-0.4, -0.2) is 25.5 Å². The number of carbonyl (C=O) groups excluding carboxylic acids is 1. The molecule has 1 amide bonds. The normalized spacial score (nSPS) is 10.3. The first-order valence-corrected chi connectivity index (χ1v) is 6.84. The van der Waals surface area contributed by atoms with E-state index in [1.807, 2.05) is 6.07 Å². The van der Waals surface area contributed by atoms with E-state index >= 15 is 0 Å². The van der Waals surface area contributed by atoms with Crippen LogP contribution >= 0.6 is 0 Å². The van der Waals surface area contributed by atoms with Gasteiger partial charge in [0.25, 0.3) is 0 Å². The standard InChI is InChI=1S/C15H24N2O/c1-2-11-17-15(18)13-16-12-7-6-10-14-8-4-3-5-9-14/h3-5,8-9,16H,2,6-7,10-13H2,1H3,(H,17,18). The molecule has 2 N–H and O–H groups in total. The lowest BCUT2D eigenvalue weighted by Crippen LogP contribution is -2.34. The minimum atomic E-state index is 0.0971. The van der Waals surface area contributed by atoms with Crippen molar-refractivity contribution in [2.24, 2.45) is 0 Å². The zero-order chi connectivity index (χ0) is 13.1. The van der Waals surface area contributed by atoms with E-state index in [-0.39, 0.29) is 5.91 Å². The second-order valence-corrected chi connectivity index (χ2v) is 4.47. The smallest absolute Gasteiger partial charge is 0.233 e. The Morgan fingerprint density at radius 2 is 1.89 bits per heavy atom. The summed E-state index contributed by atoms with van der Waals surface area (Å²) >= 11 is 0. The molecule has 0 aromatic heterocycles. The van der Waals surface area contributed by atoms with Crippen LogP contribution in [0.25, 0.3) is 0 Å². The zero-order valence-electron chi connectivity index (χ0n) is 11.2. The van der Waals surface area contributed by atoms with E-state index in [4.69, 9.17) is 0 Å². The van der Waals surface area contributed by atoms with E-state index in [0.29, 0.717) is 6.54 Å². The van der Waals surface area contributed by atoms with E-state index in [2.05, 4.69) is 41.8 Å². The van der Waals surface area contributed by atoms with Gasteiger partial charge in [-0.1, -0.05) is 37.3 Å². The van der Waals surface area contributed by atoms with Crippen LogP contribution in [0.2, 0.25) is 0 Å². The third-order valence-corrected chi connectivity index (χ3v) is 2.77. The van der Waals surface area contributed by atoms with Crippen LogP contribution in [0.4, 0.5) is 0 Å². The SMILES string of the molecule is CCCNC(=O)CNCCCCc1ccccc1. The first-order valence-electron chi connectivity index (χ1n) is 6.84. The summed E-state index contributed by atoms with van der Waals surface area (Å²) < 4.78 is 0. The second kappa shape index (κ2) is 9.66. The van der Waals surface area contributed by atoms with Gasteiger partial charge in [-0.15, -0.1) is 0 Å². The molecule has 0 heterocycles. The van der Waals surface area contributed by atoms with Crippen LogP contribution in [0.15, 0.2) is 30.3 Å². The van der Waals surface area contributed by atoms with Gasteiger partial charge in [0.1, 0.15) is 0 Å². The van der Waals surface area contributed by atoms with E-state index in [1.54, 1.807) is 0 Å². The molecule has 0 saturated carbocycles. The lowest BCUT2D eigenvalue weighted by molar-refractivity contribution is -0.120. The molecule has 0 aliphatic carbocycles. The van der Waals surface area contributed by atoms with Crippen LogP contribution < -0.4 is 10.6 Å². The van der Waals surface area contributed by atoms with Crippen molar-refractivity contribution in [3.8, 4) is 0 Å². The molecule has 0 fully saturated rings. The highest BCUT2D eigenvalue weighted by Gasteiger charge is 1.98. The van der Waals surface area contributed by atoms with E-state index in [9.17, 15) is 4.79 Å². The van der Waals surface area contributed by atoms with E-state index < -0.39 is 0 Å². The molecule has 0 atom stereocenters. The number of aryl methyl sites for hydroxylation is 1. The minimum absolute atomic E-state index is 0.0971. The van der Waals surface area contributed by atoms with Gasteiger partial charge in [-0.05, 0) is 37.8 Å². The fraction of sp³-hybridized carbons (Fsp3) is 0.533. The minimum Gasteiger partial charge on any atom is -0.355 e. The topological polar surface area (TPSA) is 41.1 Å². The Bertz CT molecular complexity index is 325. The van der Waals surface area contributed by atoms with Gasteiger partial charge in [0, 0.05) is 6.54 Å². The van der Waals surface area contributed by atoms with Gasteiger partial charge in [0.15, 0.2) is 0 Å². The second-order valence-electron chi connectivity index (χ2n) is 4.47. The van der Waals surface area contributed by atoms with Crippen LogP contribution in [-0.2, 0) is 11.2 Å². The summed E-state index contributed by atoms with van der Waals surface area (Å²) in [5, 5.41) is 6.02. The highest BCUT2D eigenvalue weighted by molar-refractivity contribution is 5.77. The molecule has 0 spiro atoms. The fourth-order valence-electron chi connectivity index (χ4n) is 1.75. The average Bonchev–Trinajstić information content (AvgIpc) is 2.41. The molecule has 0 unspecified atom stereocenters. The summed E-state index contributed by atoms with van der Waals surface area (Å²) in [5.74, 6) is 0.0971. The lowest BCUT2D eigenvalue weighted by Gasteiger charge is -2.05. The largest absolute Gasteiger partial charge is 0.355 e. The summed E-state index contributed by atoms with van der Waals surface area (Å²) in [5.41, 5.74) is 1.39. The van der Waals surface area contributed by atoms with E-state index in [0.717, 1.165) is 38.8 Å². The lowest BCUT2D eigenvalue weighted by atomic mass is 10.1. The van der Waals surface area contributed by atoms with Crippen molar-refractivity contribution in [3.63, 3.8) is 0 Å². The maximum Gasteiger partial charge on any atom is 0.233 e. The number of nitrogens with one attached hydrogen (secondary N) is 2. The van der Waals surface area contributed by atoms with Crippen molar-refractivity contribution in [2.45, 2.75) is 32.6 Å². The van der Waals surface area contributed by atoms with Gasteiger partial charge >= 0.3 is 0 Å². The summed E-state index contributed by atoms with van der Waals surface area (Å²) in [6.45, 7) is 4.17. The van der Waals surface area contributed by atoms with Gasteiger partial charge in [0.2, 0.25) is 5.91 Å². The molecule has 1 aromatic rings. The van der Waals surface area contributed by atoms with Crippen LogP contribution in [0.3, 0.4) is 0 Å². The zero-order valence-corrected chi connectivity index (χ0v) is 11.2. The van der Waals surface area contributed by atoms with Crippen molar-refractivity contribution < 1.29 is 4.79 Å². The van der Waals surface area contributed by atoms with E-state index in [1.165, 1.54) is 5.56 Å². The Hall–Kier alpha value is -1.35. The molecular formula is C15H24N2O. The van der Waals surface area contributed by atoms with Crippen LogP contribution in [0, 0.1) is 0 Å². The van der Waals surface area contributed by atoms with Crippen molar-refractivity contribution in [1.29, 1.82) is 0 Å². The fourth-order valence-corrected chi connectivity index (χ4v) is 1.75. The van der Waals surface area contributed by atoms with Gasteiger partial charge < -0.3 is 10.6 Å². The predicted octanol–water partition coefficient (Wildman–Crippen LogP) is 2.13. The molecular weight excluding hydrogens is 224 g/mol. The van der Waals surface area contributed by atoms with Gasteiger partial charge in [-0.2, -0.15) is 0 Å². The molecule has 0 bridgehead atoms. The number of amides is 1. The first-order chi connectivity index (χ1) is 8.83. The Balaban J connectivity index is 1.94. The van der Waals surface area contributed by atoms with Gasteiger partial charge in [0.05, 0.1) is 6.54 Å².